The molecule has 3 rings (SSSR count). The van der Waals surface area contributed by atoms with Gasteiger partial charge in [-0.05, 0) is 43.7 Å². The van der Waals surface area contributed by atoms with Crippen molar-refractivity contribution in [2.24, 2.45) is 0 Å². The SMILES string of the molecule is CCn1c(COc2ccc(F)c(Cl)c2)nnc1SCC(=O)Nc1cc(Cl)ccc1C. The Morgan fingerprint density at radius 3 is 2.77 bits per heavy atom. The van der Waals surface area contributed by atoms with Crippen LogP contribution in [-0.4, -0.2) is 26.4 Å². The van der Waals surface area contributed by atoms with Gasteiger partial charge in [0.2, 0.25) is 5.91 Å². The zero-order chi connectivity index (χ0) is 21.7. The number of benzene rings is 2. The average Bonchev–Trinajstić information content (AvgIpc) is 3.12. The summed E-state index contributed by atoms with van der Waals surface area (Å²) < 4.78 is 20.7. The van der Waals surface area contributed by atoms with Crippen LogP contribution in [0.4, 0.5) is 10.1 Å². The van der Waals surface area contributed by atoms with E-state index in [0.717, 1.165) is 5.56 Å². The van der Waals surface area contributed by atoms with Crippen molar-refractivity contribution in [3.05, 3.63) is 63.6 Å². The Labute approximate surface area is 187 Å². The summed E-state index contributed by atoms with van der Waals surface area (Å²) in [5.74, 6) is 0.503. The molecule has 0 bridgehead atoms. The minimum Gasteiger partial charge on any atom is -0.486 e. The Morgan fingerprint density at radius 2 is 2.03 bits per heavy atom. The lowest BCUT2D eigenvalue weighted by Gasteiger charge is -2.10. The molecule has 10 heteroatoms. The number of halogens is 3. The number of hydrogen-bond donors (Lipinski definition) is 1. The molecular weight excluding hydrogens is 450 g/mol. The molecule has 0 unspecified atom stereocenters. The molecule has 3 aromatic rings. The van der Waals surface area contributed by atoms with E-state index >= 15 is 0 Å². The molecule has 0 radical (unpaired) electrons. The van der Waals surface area contributed by atoms with Gasteiger partial charge in [0.05, 0.1) is 10.8 Å². The van der Waals surface area contributed by atoms with Crippen molar-refractivity contribution in [3.8, 4) is 5.75 Å². The summed E-state index contributed by atoms with van der Waals surface area (Å²) in [7, 11) is 0. The van der Waals surface area contributed by atoms with Crippen molar-refractivity contribution in [3.63, 3.8) is 0 Å². The highest BCUT2D eigenvalue weighted by Gasteiger charge is 2.14. The third-order valence-corrected chi connectivity index (χ3v) is 5.67. The highest BCUT2D eigenvalue weighted by Crippen LogP contribution is 2.24. The first kappa shape index (κ1) is 22.4. The lowest BCUT2D eigenvalue weighted by atomic mass is 10.2. The Bertz CT molecular complexity index is 1060. The molecule has 0 fully saturated rings. The summed E-state index contributed by atoms with van der Waals surface area (Å²) in [5.41, 5.74) is 1.60. The summed E-state index contributed by atoms with van der Waals surface area (Å²) in [6.45, 7) is 4.58. The van der Waals surface area contributed by atoms with E-state index in [-0.39, 0.29) is 23.3 Å². The smallest absolute Gasteiger partial charge is 0.234 e. The molecule has 30 heavy (non-hydrogen) atoms. The van der Waals surface area contributed by atoms with E-state index in [1.807, 2.05) is 24.5 Å². The second-order valence-electron chi connectivity index (χ2n) is 6.30. The first-order valence-electron chi connectivity index (χ1n) is 9.06. The van der Waals surface area contributed by atoms with Gasteiger partial charge < -0.3 is 14.6 Å². The molecule has 0 saturated heterocycles. The molecule has 1 aromatic heterocycles. The Kier molecular flexibility index (Phi) is 7.58. The van der Waals surface area contributed by atoms with E-state index in [2.05, 4.69) is 15.5 Å². The van der Waals surface area contributed by atoms with Gasteiger partial charge in [-0.15, -0.1) is 10.2 Å². The lowest BCUT2D eigenvalue weighted by molar-refractivity contribution is -0.113. The van der Waals surface area contributed by atoms with Crippen LogP contribution in [-0.2, 0) is 17.9 Å². The molecule has 0 spiro atoms. The van der Waals surface area contributed by atoms with Crippen molar-refractivity contribution < 1.29 is 13.9 Å². The summed E-state index contributed by atoms with van der Waals surface area (Å²) >= 11 is 13.0. The number of thioether (sulfide) groups is 1. The molecule has 1 N–H and O–H groups in total. The van der Waals surface area contributed by atoms with Crippen molar-refractivity contribution in [1.29, 1.82) is 0 Å². The molecule has 0 atom stereocenters. The highest BCUT2D eigenvalue weighted by molar-refractivity contribution is 7.99. The minimum absolute atomic E-state index is 0.0124. The normalized spacial score (nSPS) is 10.8. The van der Waals surface area contributed by atoms with Crippen molar-refractivity contribution in [2.45, 2.75) is 32.2 Å². The first-order valence-corrected chi connectivity index (χ1v) is 10.8. The molecule has 0 aliphatic carbocycles. The maximum absolute atomic E-state index is 13.3. The molecule has 2 aromatic carbocycles. The van der Waals surface area contributed by atoms with Gasteiger partial charge in [0.1, 0.15) is 18.2 Å². The van der Waals surface area contributed by atoms with E-state index in [1.54, 1.807) is 12.1 Å². The largest absolute Gasteiger partial charge is 0.486 e. The summed E-state index contributed by atoms with van der Waals surface area (Å²) in [6.07, 6.45) is 0. The number of aryl methyl sites for hydroxylation is 1. The van der Waals surface area contributed by atoms with Gasteiger partial charge in [0, 0.05) is 23.3 Å². The van der Waals surface area contributed by atoms with Crippen LogP contribution in [0.5, 0.6) is 5.75 Å². The average molecular weight is 469 g/mol. The number of hydrogen-bond acceptors (Lipinski definition) is 5. The maximum Gasteiger partial charge on any atom is 0.234 e. The molecule has 1 heterocycles. The summed E-state index contributed by atoms with van der Waals surface area (Å²) in [5, 5.41) is 12.3. The van der Waals surface area contributed by atoms with Gasteiger partial charge in [-0.1, -0.05) is 41.0 Å². The van der Waals surface area contributed by atoms with Crippen LogP contribution in [0.3, 0.4) is 0 Å². The fraction of sp³-hybridized carbons (Fsp3) is 0.250. The highest BCUT2D eigenvalue weighted by atomic mass is 35.5. The van der Waals surface area contributed by atoms with E-state index in [1.165, 1.54) is 30.0 Å². The zero-order valence-corrected chi connectivity index (χ0v) is 18.6. The van der Waals surface area contributed by atoms with Crippen LogP contribution in [0.25, 0.3) is 0 Å². The van der Waals surface area contributed by atoms with Gasteiger partial charge in [0.25, 0.3) is 0 Å². The number of carbonyl (C=O) groups is 1. The molecule has 158 valence electrons. The van der Waals surface area contributed by atoms with Crippen molar-refractivity contribution in [1.82, 2.24) is 14.8 Å². The number of aromatic nitrogens is 3. The zero-order valence-electron chi connectivity index (χ0n) is 16.3. The van der Waals surface area contributed by atoms with E-state index in [4.69, 9.17) is 27.9 Å². The number of nitrogens with zero attached hydrogens (tertiary/aromatic N) is 3. The number of carbonyl (C=O) groups excluding carboxylic acids is 1. The topological polar surface area (TPSA) is 69.0 Å². The standard InChI is InChI=1S/C20H19Cl2FN4O2S/c1-3-27-18(10-29-14-6-7-16(23)15(22)9-14)25-26-20(27)30-11-19(28)24-17-8-13(21)5-4-12(17)2/h4-9H,3,10-11H2,1-2H3,(H,24,28). The van der Waals surface area contributed by atoms with Crippen LogP contribution < -0.4 is 10.1 Å². The number of anilines is 1. The Hall–Kier alpha value is -2.29. The van der Waals surface area contributed by atoms with Crippen LogP contribution in [0.1, 0.15) is 18.3 Å². The van der Waals surface area contributed by atoms with E-state index in [0.29, 0.717) is 34.0 Å². The molecule has 1 amide bonds. The fourth-order valence-electron chi connectivity index (χ4n) is 2.61. The van der Waals surface area contributed by atoms with Crippen LogP contribution >= 0.6 is 35.0 Å². The van der Waals surface area contributed by atoms with Crippen LogP contribution in [0.2, 0.25) is 10.0 Å². The molecule has 0 aliphatic rings. The van der Waals surface area contributed by atoms with Crippen LogP contribution in [0.15, 0.2) is 41.6 Å². The summed E-state index contributed by atoms with van der Waals surface area (Å²) in [4.78, 5) is 12.3. The van der Waals surface area contributed by atoms with Gasteiger partial charge in [-0.2, -0.15) is 0 Å². The minimum atomic E-state index is -0.509. The molecule has 0 aliphatic heterocycles. The van der Waals surface area contributed by atoms with Gasteiger partial charge >= 0.3 is 0 Å². The fourth-order valence-corrected chi connectivity index (χ4v) is 3.77. The summed E-state index contributed by atoms with van der Waals surface area (Å²) in [6, 6.07) is 9.47. The number of rotatable bonds is 8. The predicted octanol–water partition coefficient (Wildman–Crippen LogP) is 5.36. The van der Waals surface area contributed by atoms with Crippen LogP contribution in [0, 0.1) is 12.7 Å². The molecule has 6 nitrogen and oxygen atoms in total. The maximum atomic E-state index is 13.3. The molecule has 0 saturated carbocycles. The Morgan fingerprint density at radius 1 is 1.23 bits per heavy atom. The Balaban J connectivity index is 1.60. The third-order valence-electron chi connectivity index (χ3n) is 4.17. The number of nitrogens with one attached hydrogen (secondary N) is 1. The van der Waals surface area contributed by atoms with Gasteiger partial charge in [-0.25, -0.2) is 4.39 Å². The van der Waals surface area contributed by atoms with E-state index in [9.17, 15) is 9.18 Å². The second kappa shape index (κ2) is 10.1. The van der Waals surface area contributed by atoms with Gasteiger partial charge in [-0.3, -0.25) is 4.79 Å². The predicted molar refractivity (Wildman–Crippen MR) is 117 cm³/mol. The van der Waals surface area contributed by atoms with Gasteiger partial charge in [0.15, 0.2) is 11.0 Å². The second-order valence-corrected chi connectivity index (χ2v) is 8.09. The van der Waals surface area contributed by atoms with Crippen molar-refractivity contribution >= 4 is 46.6 Å². The third kappa shape index (κ3) is 5.65. The lowest BCUT2D eigenvalue weighted by Crippen LogP contribution is -2.15. The van der Waals surface area contributed by atoms with E-state index < -0.39 is 5.82 Å². The number of amides is 1. The van der Waals surface area contributed by atoms with Crippen molar-refractivity contribution in [2.75, 3.05) is 11.1 Å². The molecular formula is C20H19Cl2FN4O2S. The first-order chi connectivity index (χ1) is 14.4. The monoisotopic (exact) mass is 468 g/mol. The quantitative estimate of drug-likeness (QED) is 0.450. The number of ether oxygens (including phenoxy) is 1.